The molecule has 10 heteroatoms. The lowest BCUT2D eigenvalue weighted by Crippen LogP contribution is -2.42. The average molecular weight is 341 g/mol. The number of likely N-dealkylation sites (tertiary alicyclic amines) is 1. The lowest BCUT2D eigenvalue weighted by atomic mass is 10.1. The van der Waals surface area contributed by atoms with Crippen LogP contribution in [0.3, 0.4) is 0 Å². The third-order valence-corrected chi connectivity index (χ3v) is 3.71. The highest BCUT2D eigenvalue weighted by Crippen LogP contribution is 2.28. The van der Waals surface area contributed by atoms with Gasteiger partial charge in [0.1, 0.15) is 0 Å². The number of halogens is 3. The van der Waals surface area contributed by atoms with Gasteiger partial charge in [-0.05, 0) is 25.0 Å². The van der Waals surface area contributed by atoms with Crippen molar-refractivity contribution in [3.05, 3.63) is 35.8 Å². The molecule has 24 heavy (non-hydrogen) atoms. The summed E-state index contributed by atoms with van der Waals surface area (Å²) in [6.07, 6.45) is -1.69. The second kappa shape index (κ2) is 6.19. The number of aliphatic hydroxyl groups is 1. The fourth-order valence-corrected chi connectivity index (χ4v) is 2.46. The molecule has 0 aliphatic carbocycles. The van der Waals surface area contributed by atoms with Crippen LogP contribution in [0.1, 0.15) is 28.9 Å². The zero-order valence-corrected chi connectivity index (χ0v) is 12.4. The number of hydrogen-bond donors (Lipinski definition) is 1. The number of β-amino-alcohol motifs (C(OH)–C–C–N with tert-alkyl or cyclic N) is 1. The van der Waals surface area contributed by atoms with Gasteiger partial charge in [-0.25, -0.2) is 9.67 Å². The Hall–Kier alpha value is -2.49. The van der Waals surface area contributed by atoms with E-state index < -0.39 is 17.8 Å². The lowest BCUT2D eigenvalue weighted by molar-refractivity contribution is -0.137. The van der Waals surface area contributed by atoms with Crippen molar-refractivity contribution in [2.24, 2.45) is 0 Å². The van der Waals surface area contributed by atoms with Crippen molar-refractivity contribution < 1.29 is 23.1 Å². The van der Waals surface area contributed by atoms with Gasteiger partial charge in [0.2, 0.25) is 0 Å². The van der Waals surface area contributed by atoms with Crippen LogP contribution in [0.5, 0.6) is 0 Å². The Morgan fingerprint density at radius 2 is 2.12 bits per heavy atom. The van der Waals surface area contributed by atoms with Crippen LogP contribution in [-0.2, 0) is 6.18 Å². The molecule has 1 N–H and O–H groups in total. The Bertz CT molecular complexity index is 729. The van der Waals surface area contributed by atoms with Crippen LogP contribution in [-0.4, -0.2) is 55.1 Å². The quantitative estimate of drug-likeness (QED) is 0.889. The summed E-state index contributed by atoms with van der Waals surface area (Å²) < 4.78 is 38.7. The maximum Gasteiger partial charge on any atom is 0.417 e. The Kier molecular flexibility index (Phi) is 4.22. The maximum absolute atomic E-state index is 12.5. The summed E-state index contributed by atoms with van der Waals surface area (Å²) in [6.45, 7) is 0.742. The molecule has 3 rings (SSSR count). The van der Waals surface area contributed by atoms with Gasteiger partial charge < -0.3 is 10.0 Å². The summed E-state index contributed by atoms with van der Waals surface area (Å²) >= 11 is 0. The number of alkyl halides is 3. The van der Waals surface area contributed by atoms with Crippen LogP contribution in [0.4, 0.5) is 13.2 Å². The van der Waals surface area contributed by atoms with Gasteiger partial charge in [0.15, 0.2) is 11.5 Å². The first-order valence-electron chi connectivity index (χ1n) is 7.28. The molecule has 1 atom stereocenters. The van der Waals surface area contributed by atoms with E-state index >= 15 is 0 Å². The van der Waals surface area contributed by atoms with Crippen LogP contribution < -0.4 is 0 Å². The minimum atomic E-state index is -4.47. The van der Waals surface area contributed by atoms with Crippen molar-refractivity contribution in [1.29, 1.82) is 0 Å². The minimum Gasteiger partial charge on any atom is -0.391 e. The molecule has 1 saturated heterocycles. The molecule has 2 aromatic heterocycles. The molecular formula is C14H14F3N5O2. The molecule has 128 valence electrons. The fraction of sp³-hybridized carbons (Fsp3) is 0.429. The summed E-state index contributed by atoms with van der Waals surface area (Å²) in [5.74, 6) is -0.264. The highest BCUT2D eigenvalue weighted by molar-refractivity contribution is 5.92. The topological polar surface area (TPSA) is 84.1 Å². The average Bonchev–Trinajstić information content (AvgIpc) is 3.03. The highest BCUT2D eigenvalue weighted by atomic mass is 19.4. The summed E-state index contributed by atoms with van der Waals surface area (Å²) in [6, 6.07) is 2.03. The number of hydrogen-bond acceptors (Lipinski definition) is 5. The van der Waals surface area contributed by atoms with Crippen LogP contribution in [0.25, 0.3) is 5.82 Å². The Balaban J connectivity index is 1.76. The molecule has 1 fully saturated rings. The van der Waals surface area contributed by atoms with Crippen LogP contribution in [0.15, 0.2) is 24.5 Å². The molecule has 1 amide bonds. The van der Waals surface area contributed by atoms with Crippen molar-refractivity contribution in [3.63, 3.8) is 0 Å². The first-order valence-corrected chi connectivity index (χ1v) is 7.28. The molecule has 1 unspecified atom stereocenters. The zero-order chi connectivity index (χ0) is 17.3. The number of piperidine rings is 1. The molecule has 1 aliphatic heterocycles. The highest BCUT2D eigenvalue weighted by Gasteiger charge is 2.31. The number of nitrogens with zero attached hydrogens (tertiary/aromatic N) is 5. The van der Waals surface area contributed by atoms with Gasteiger partial charge in [-0.1, -0.05) is 5.21 Å². The molecular weight excluding hydrogens is 327 g/mol. The lowest BCUT2D eigenvalue weighted by Gasteiger charge is -2.29. The van der Waals surface area contributed by atoms with E-state index in [9.17, 15) is 23.1 Å². The number of pyridine rings is 1. The second-order valence-electron chi connectivity index (χ2n) is 5.50. The predicted molar refractivity (Wildman–Crippen MR) is 75.3 cm³/mol. The van der Waals surface area contributed by atoms with Crippen LogP contribution >= 0.6 is 0 Å². The Morgan fingerprint density at radius 3 is 2.75 bits per heavy atom. The first-order chi connectivity index (χ1) is 11.3. The smallest absolute Gasteiger partial charge is 0.391 e. The molecule has 3 heterocycles. The second-order valence-corrected chi connectivity index (χ2v) is 5.50. The molecule has 0 saturated carbocycles. The van der Waals surface area contributed by atoms with Crippen molar-refractivity contribution in [1.82, 2.24) is 24.9 Å². The molecule has 7 nitrogen and oxygen atoms in total. The van der Waals surface area contributed by atoms with Gasteiger partial charge in [-0.15, -0.1) is 5.10 Å². The molecule has 0 spiro atoms. The van der Waals surface area contributed by atoms with E-state index in [1.165, 1.54) is 11.1 Å². The standard InChI is InChI=1S/C14H14F3N5O2/c15-14(16,17)9-3-4-12(18-6-9)22-8-11(19-20-22)13(24)21-5-1-2-10(23)7-21/h3-4,6,8,10,23H,1-2,5,7H2. The van der Waals surface area contributed by atoms with Gasteiger partial charge in [-0.3, -0.25) is 4.79 Å². The zero-order valence-electron chi connectivity index (χ0n) is 12.4. The number of amides is 1. The monoisotopic (exact) mass is 341 g/mol. The van der Waals surface area contributed by atoms with Crippen LogP contribution in [0, 0.1) is 0 Å². The third kappa shape index (κ3) is 3.37. The molecule has 2 aromatic rings. The SMILES string of the molecule is O=C(c1cn(-c2ccc(C(F)(F)F)cn2)nn1)N1CCCC(O)C1. The Morgan fingerprint density at radius 1 is 1.33 bits per heavy atom. The van der Waals surface area contributed by atoms with Gasteiger partial charge in [0, 0.05) is 19.3 Å². The molecule has 0 bridgehead atoms. The molecule has 1 aliphatic rings. The number of carbonyl (C=O) groups is 1. The summed E-state index contributed by atoms with van der Waals surface area (Å²) in [7, 11) is 0. The molecule has 0 radical (unpaired) electrons. The Labute approximate surface area is 134 Å². The minimum absolute atomic E-state index is 0.0470. The van der Waals surface area contributed by atoms with Crippen molar-refractivity contribution in [3.8, 4) is 5.82 Å². The summed E-state index contributed by atoms with van der Waals surface area (Å²) in [5.41, 5.74) is -0.823. The van der Waals surface area contributed by atoms with Gasteiger partial charge >= 0.3 is 6.18 Å². The summed E-state index contributed by atoms with van der Waals surface area (Å²) in [4.78, 5) is 17.5. The number of aromatic nitrogens is 4. The van der Waals surface area contributed by atoms with E-state index in [0.717, 1.165) is 16.8 Å². The fourth-order valence-electron chi connectivity index (χ4n) is 2.46. The number of rotatable bonds is 2. The number of aliphatic hydroxyl groups excluding tert-OH is 1. The van der Waals surface area contributed by atoms with E-state index in [-0.39, 0.29) is 24.0 Å². The van der Waals surface area contributed by atoms with E-state index in [4.69, 9.17) is 0 Å². The van der Waals surface area contributed by atoms with Gasteiger partial charge in [0.25, 0.3) is 5.91 Å². The van der Waals surface area contributed by atoms with E-state index in [0.29, 0.717) is 25.6 Å². The van der Waals surface area contributed by atoms with Crippen molar-refractivity contribution >= 4 is 5.91 Å². The largest absolute Gasteiger partial charge is 0.417 e. The van der Waals surface area contributed by atoms with Crippen molar-refractivity contribution in [2.75, 3.05) is 13.1 Å². The van der Waals surface area contributed by atoms with Crippen LogP contribution in [0.2, 0.25) is 0 Å². The van der Waals surface area contributed by atoms with E-state index in [1.807, 2.05) is 0 Å². The molecule has 0 aromatic carbocycles. The van der Waals surface area contributed by atoms with Crippen molar-refractivity contribution in [2.45, 2.75) is 25.1 Å². The van der Waals surface area contributed by atoms with E-state index in [2.05, 4.69) is 15.3 Å². The first kappa shape index (κ1) is 16.4. The number of carbonyl (C=O) groups excluding carboxylic acids is 1. The third-order valence-electron chi connectivity index (χ3n) is 3.71. The normalized spacial score (nSPS) is 18.7. The van der Waals surface area contributed by atoms with Gasteiger partial charge in [0.05, 0.1) is 17.9 Å². The predicted octanol–water partition coefficient (Wildman–Crippen LogP) is 1.28. The van der Waals surface area contributed by atoms with Gasteiger partial charge in [-0.2, -0.15) is 13.2 Å². The maximum atomic E-state index is 12.5. The van der Waals surface area contributed by atoms with E-state index in [1.54, 1.807) is 0 Å². The summed E-state index contributed by atoms with van der Waals surface area (Å²) in [5, 5.41) is 17.1.